The van der Waals surface area contributed by atoms with Gasteiger partial charge in [0, 0.05) is 5.56 Å². The van der Waals surface area contributed by atoms with Crippen molar-refractivity contribution >= 4 is 12.2 Å². The first kappa shape index (κ1) is 11.8. The van der Waals surface area contributed by atoms with Crippen LogP contribution in [-0.4, -0.2) is 14.8 Å². The Balaban J connectivity index is 2.17. The fraction of sp³-hybridized carbons (Fsp3) is 0. The van der Waals surface area contributed by atoms with Crippen molar-refractivity contribution in [1.82, 2.24) is 14.8 Å². The molecule has 0 aliphatic rings. The summed E-state index contributed by atoms with van der Waals surface area (Å²) in [4.78, 5) is 4.29. The molecule has 3 nitrogen and oxygen atoms in total. The van der Waals surface area contributed by atoms with E-state index in [2.05, 4.69) is 10.1 Å². The molecule has 3 aromatic rings. The molecule has 5 heteroatoms. The summed E-state index contributed by atoms with van der Waals surface area (Å²) in [5.74, 6) is 0.389. The molecule has 0 radical (unpaired) electrons. The van der Waals surface area contributed by atoms with Crippen LogP contribution in [0, 0.1) is 10.6 Å². The maximum Gasteiger partial charge on any atom is 0.214 e. The highest BCUT2D eigenvalue weighted by atomic mass is 32.1. The summed E-state index contributed by atoms with van der Waals surface area (Å²) in [7, 11) is 0. The van der Waals surface area contributed by atoms with Crippen molar-refractivity contribution in [3.05, 3.63) is 65.2 Å². The number of benzene rings is 2. The Bertz CT molecular complexity index is 744. The van der Waals surface area contributed by atoms with E-state index in [-0.39, 0.29) is 5.82 Å². The number of nitrogens with zero attached hydrogens (tertiary/aromatic N) is 2. The molecule has 3 rings (SSSR count). The number of hydrogen-bond acceptors (Lipinski definition) is 2. The highest BCUT2D eigenvalue weighted by molar-refractivity contribution is 7.71. The lowest BCUT2D eigenvalue weighted by Crippen LogP contribution is -1.99. The quantitative estimate of drug-likeness (QED) is 0.720. The summed E-state index contributed by atoms with van der Waals surface area (Å²) in [5, 5.41) is 3.00. The van der Waals surface area contributed by atoms with Gasteiger partial charge in [-0.25, -0.2) is 9.07 Å². The first-order valence-corrected chi connectivity index (χ1v) is 6.15. The van der Waals surface area contributed by atoms with Gasteiger partial charge >= 0.3 is 0 Å². The zero-order chi connectivity index (χ0) is 13.2. The van der Waals surface area contributed by atoms with Crippen molar-refractivity contribution in [2.75, 3.05) is 0 Å². The maximum atomic E-state index is 13.0. The van der Waals surface area contributed by atoms with Crippen LogP contribution in [0.2, 0.25) is 0 Å². The summed E-state index contributed by atoms with van der Waals surface area (Å²) >= 11 is 5.08. The van der Waals surface area contributed by atoms with Gasteiger partial charge in [0.2, 0.25) is 4.77 Å². The molecule has 0 amide bonds. The molecule has 1 heterocycles. The minimum Gasteiger partial charge on any atom is -0.266 e. The van der Waals surface area contributed by atoms with E-state index in [0.717, 1.165) is 11.3 Å². The topological polar surface area (TPSA) is 33.6 Å². The second kappa shape index (κ2) is 4.78. The maximum absolute atomic E-state index is 13.0. The summed E-state index contributed by atoms with van der Waals surface area (Å²) in [6.07, 6.45) is 0. The largest absolute Gasteiger partial charge is 0.266 e. The highest BCUT2D eigenvalue weighted by Gasteiger charge is 2.09. The minimum absolute atomic E-state index is 0.274. The standard InChI is InChI=1S/C14H10FN3S/c15-11-8-6-10(7-9-11)13-16-14(19)17-18(13)12-4-2-1-3-5-12/h1-9H,(H,17,19). The lowest BCUT2D eigenvalue weighted by molar-refractivity contribution is 0.628. The molecule has 19 heavy (non-hydrogen) atoms. The van der Waals surface area contributed by atoms with Crippen LogP contribution in [0.5, 0.6) is 0 Å². The van der Waals surface area contributed by atoms with Gasteiger partial charge in [0.1, 0.15) is 5.82 Å². The van der Waals surface area contributed by atoms with E-state index >= 15 is 0 Å². The van der Waals surface area contributed by atoms with E-state index in [1.807, 2.05) is 30.3 Å². The summed E-state index contributed by atoms with van der Waals surface area (Å²) in [6, 6.07) is 15.9. The van der Waals surface area contributed by atoms with Gasteiger partial charge in [-0.1, -0.05) is 18.2 Å². The van der Waals surface area contributed by atoms with Crippen LogP contribution in [0.25, 0.3) is 17.1 Å². The average Bonchev–Trinajstić information content (AvgIpc) is 2.83. The van der Waals surface area contributed by atoms with E-state index in [1.54, 1.807) is 16.8 Å². The predicted octanol–water partition coefficient (Wildman–Crippen LogP) is 3.74. The Morgan fingerprint density at radius 1 is 1.00 bits per heavy atom. The molecule has 0 bridgehead atoms. The van der Waals surface area contributed by atoms with Gasteiger partial charge in [0.15, 0.2) is 5.82 Å². The number of para-hydroxylation sites is 1. The number of aromatic nitrogens is 3. The van der Waals surface area contributed by atoms with E-state index in [0.29, 0.717) is 10.6 Å². The average molecular weight is 271 g/mol. The summed E-state index contributed by atoms with van der Waals surface area (Å²) in [5.41, 5.74) is 1.73. The van der Waals surface area contributed by atoms with E-state index in [4.69, 9.17) is 12.2 Å². The molecule has 0 atom stereocenters. The predicted molar refractivity (Wildman–Crippen MR) is 74.1 cm³/mol. The molecule has 0 spiro atoms. The third kappa shape index (κ3) is 2.32. The highest BCUT2D eigenvalue weighted by Crippen LogP contribution is 2.20. The lowest BCUT2D eigenvalue weighted by Gasteiger charge is -2.06. The van der Waals surface area contributed by atoms with E-state index < -0.39 is 0 Å². The van der Waals surface area contributed by atoms with Crippen molar-refractivity contribution in [3.8, 4) is 17.1 Å². The van der Waals surface area contributed by atoms with E-state index in [1.165, 1.54) is 12.1 Å². The monoisotopic (exact) mass is 271 g/mol. The number of nitrogens with one attached hydrogen (secondary N) is 1. The Morgan fingerprint density at radius 3 is 2.37 bits per heavy atom. The Hall–Kier alpha value is -2.27. The molecule has 1 aromatic heterocycles. The molecule has 2 aromatic carbocycles. The molecule has 0 saturated carbocycles. The third-order valence-electron chi connectivity index (χ3n) is 2.74. The number of hydrogen-bond donors (Lipinski definition) is 1. The number of rotatable bonds is 2. The van der Waals surface area contributed by atoms with Crippen LogP contribution >= 0.6 is 12.2 Å². The number of aromatic amines is 1. The minimum atomic E-state index is -0.274. The van der Waals surface area contributed by atoms with Gasteiger partial charge in [-0.15, -0.1) is 0 Å². The van der Waals surface area contributed by atoms with Crippen LogP contribution in [0.1, 0.15) is 0 Å². The zero-order valence-corrected chi connectivity index (χ0v) is 10.7. The van der Waals surface area contributed by atoms with Crippen molar-refractivity contribution in [2.45, 2.75) is 0 Å². The van der Waals surface area contributed by atoms with Gasteiger partial charge in [0.05, 0.1) is 5.69 Å². The molecule has 0 fully saturated rings. The van der Waals surface area contributed by atoms with Crippen molar-refractivity contribution in [1.29, 1.82) is 0 Å². The molecule has 0 aliphatic carbocycles. The van der Waals surface area contributed by atoms with Crippen LogP contribution in [0.15, 0.2) is 54.6 Å². The second-order valence-electron chi connectivity index (χ2n) is 4.03. The van der Waals surface area contributed by atoms with Gasteiger partial charge in [0.25, 0.3) is 0 Å². The SMILES string of the molecule is Fc1ccc(-c2nc(=S)[nH]n2-c2ccccc2)cc1. The Morgan fingerprint density at radius 2 is 1.68 bits per heavy atom. The first-order chi connectivity index (χ1) is 9.24. The molecule has 0 unspecified atom stereocenters. The van der Waals surface area contributed by atoms with Gasteiger partial charge in [-0.2, -0.15) is 4.98 Å². The van der Waals surface area contributed by atoms with E-state index in [9.17, 15) is 4.39 Å². The summed E-state index contributed by atoms with van der Waals surface area (Å²) in [6.45, 7) is 0. The van der Waals surface area contributed by atoms with Gasteiger partial charge < -0.3 is 0 Å². The van der Waals surface area contributed by atoms with Crippen molar-refractivity contribution < 1.29 is 4.39 Å². The molecule has 1 N–H and O–H groups in total. The molecule has 94 valence electrons. The Labute approximate surface area is 114 Å². The van der Waals surface area contributed by atoms with Gasteiger partial charge in [-0.05, 0) is 48.6 Å². The normalized spacial score (nSPS) is 10.6. The van der Waals surface area contributed by atoms with Crippen LogP contribution < -0.4 is 0 Å². The fourth-order valence-corrected chi connectivity index (χ4v) is 2.05. The lowest BCUT2D eigenvalue weighted by atomic mass is 10.2. The summed E-state index contributed by atoms with van der Waals surface area (Å²) < 4.78 is 15.2. The van der Waals surface area contributed by atoms with Crippen molar-refractivity contribution in [3.63, 3.8) is 0 Å². The smallest absolute Gasteiger partial charge is 0.214 e. The van der Waals surface area contributed by atoms with Crippen LogP contribution in [0.4, 0.5) is 4.39 Å². The zero-order valence-electron chi connectivity index (χ0n) is 9.88. The second-order valence-corrected chi connectivity index (χ2v) is 4.42. The third-order valence-corrected chi connectivity index (χ3v) is 2.93. The molecule has 0 aliphatic heterocycles. The molecule has 0 saturated heterocycles. The fourth-order valence-electron chi connectivity index (χ4n) is 1.88. The van der Waals surface area contributed by atoms with Gasteiger partial charge in [-0.3, -0.25) is 5.10 Å². The molecular formula is C14H10FN3S. The number of halogens is 1. The first-order valence-electron chi connectivity index (χ1n) is 5.74. The van der Waals surface area contributed by atoms with Crippen molar-refractivity contribution in [2.24, 2.45) is 0 Å². The van der Waals surface area contributed by atoms with Crippen LogP contribution in [-0.2, 0) is 0 Å². The number of H-pyrrole nitrogens is 1. The van der Waals surface area contributed by atoms with Crippen LogP contribution in [0.3, 0.4) is 0 Å². The Kier molecular flexibility index (Phi) is 2.97. The molecular weight excluding hydrogens is 261 g/mol.